The Labute approximate surface area is 149 Å². The minimum Gasteiger partial charge on any atom is -0.367 e. The summed E-state index contributed by atoms with van der Waals surface area (Å²) in [5.74, 6) is 0.518. The summed E-state index contributed by atoms with van der Waals surface area (Å²) < 4.78 is 10.5. The lowest BCUT2D eigenvalue weighted by molar-refractivity contribution is -0.126. The van der Waals surface area contributed by atoms with E-state index in [1.165, 1.54) is 0 Å². The van der Waals surface area contributed by atoms with Gasteiger partial charge >= 0.3 is 0 Å². The molecule has 0 spiro atoms. The molecule has 0 saturated heterocycles. The van der Waals surface area contributed by atoms with Gasteiger partial charge in [-0.15, -0.1) is 0 Å². The van der Waals surface area contributed by atoms with Crippen molar-refractivity contribution in [1.82, 2.24) is 15.5 Å². The Kier molecular flexibility index (Phi) is 5.77. The zero-order valence-corrected chi connectivity index (χ0v) is 14.1. The Hall–Kier alpha value is -2.70. The Bertz CT molecular complexity index is 819. The molecule has 6 nitrogen and oxygen atoms in total. The third kappa shape index (κ3) is 5.14. The quantitative estimate of drug-likeness (QED) is 0.702. The maximum Gasteiger partial charge on any atom is 0.246 e. The molecule has 128 valence electrons. The molecule has 0 saturated carbocycles. The van der Waals surface area contributed by atoms with Gasteiger partial charge in [0.1, 0.15) is 6.61 Å². The van der Waals surface area contributed by atoms with E-state index in [9.17, 15) is 4.79 Å². The largest absolute Gasteiger partial charge is 0.367 e. The van der Waals surface area contributed by atoms with Crippen LogP contribution in [-0.2, 0) is 22.7 Å². The van der Waals surface area contributed by atoms with Gasteiger partial charge in [0, 0.05) is 10.6 Å². The lowest BCUT2D eigenvalue weighted by Gasteiger charge is -2.04. The molecule has 0 fully saturated rings. The Morgan fingerprint density at radius 3 is 2.64 bits per heavy atom. The summed E-state index contributed by atoms with van der Waals surface area (Å²) in [4.78, 5) is 16.0. The third-order valence-electron chi connectivity index (χ3n) is 3.35. The van der Waals surface area contributed by atoms with Crippen LogP contribution in [0.15, 0.2) is 59.1 Å². The van der Waals surface area contributed by atoms with Gasteiger partial charge in [-0.3, -0.25) is 4.79 Å². The van der Waals surface area contributed by atoms with Crippen LogP contribution in [0.25, 0.3) is 11.4 Å². The number of ether oxygens (including phenoxy) is 1. The van der Waals surface area contributed by atoms with Crippen LogP contribution < -0.4 is 5.32 Å². The highest BCUT2D eigenvalue weighted by Gasteiger charge is 2.10. The summed E-state index contributed by atoms with van der Waals surface area (Å²) >= 11 is 5.85. The first-order chi connectivity index (χ1) is 12.2. The van der Waals surface area contributed by atoms with Crippen LogP contribution in [0.5, 0.6) is 0 Å². The van der Waals surface area contributed by atoms with Gasteiger partial charge in [-0.25, -0.2) is 0 Å². The minimum absolute atomic E-state index is 0.0346. The Morgan fingerprint density at radius 2 is 1.88 bits per heavy atom. The van der Waals surface area contributed by atoms with E-state index >= 15 is 0 Å². The lowest BCUT2D eigenvalue weighted by atomic mass is 10.2. The monoisotopic (exact) mass is 357 g/mol. The predicted octanol–water partition coefficient (Wildman–Crippen LogP) is 3.22. The highest BCUT2D eigenvalue weighted by Crippen LogP contribution is 2.18. The fourth-order valence-electron chi connectivity index (χ4n) is 2.10. The first-order valence-corrected chi connectivity index (χ1v) is 8.05. The van der Waals surface area contributed by atoms with Gasteiger partial charge in [0.05, 0.1) is 13.2 Å². The average molecular weight is 358 g/mol. The number of carbonyl (C=O) groups excluding carboxylic acids is 1. The van der Waals surface area contributed by atoms with Crippen LogP contribution in [-0.4, -0.2) is 22.7 Å². The second-order valence-corrected chi connectivity index (χ2v) is 5.71. The van der Waals surface area contributed by atoms with Crippen LogP contribution in [0.2, 0.25) is 5.02 Å². The minimum atomic E-state index is -0.248. The summed E-state index contributed by atoms with van der Waals surface area (Å²) in [6.45, 7) is 0.497. The summed E-state index contributed by atoms with van der Waals surface area (Å²) in [7, 11) is 0. The number of nitrogens with zero attached hydrogens (tertiary/aromatic N) is 2. The molecule has 0 radical (unpaired) electrons. The lowest BCUT2D eigenvalue weighted by Crippen LogP contribution is -2.27. The van der Waals surface area contributed by atoms with Gasteiger partial charge in [-0.2, -0.15) is 4.98 Å². The number of hydrogen-bond acceptors (Lipinski definition) is 5. The second-order valence-electron chi connectivity index (χ2n) is 5.27. The van der Waals surface area contributed by atoms with Gasteiger partial charge in [-0.1, -0.05) is 47.1 Å². The van der Waals surface area contributed by atoms with E-state index in [2.05, 4.69) is 15.5 Å². The van der Waals surface area contributed by atoms with E-state index in [1.807, 2.05) is 30.3 Å². The summed E-state index contributed by atoms with van der Waals surface area (Å²) in [5.41, 5.74) is 1.80. The normalized spacial score (nSPS) is 10.6. The number of aromatic nitrogens is 2. The molecule has 0 atom stereocenters. The molecule has 0 bridgehead atoms. The molecule has 1 aromatic heterocycles. The van der Waals surface area contributed by atoms with E-state index in [0.717, 1.165) is 11.1 Å². The standard InChI is InChI=1S/C18H16ClN3O3/c19-15-8-6-14(7-9-15)18-21-17(25-22-18)10-20-16(23)12-24-11-13-4-2-1-3-5-13/h1-9H,10-12H2,(H,20,23). The molecule has 0 aliphatic carbocycles. The van der Waals surface area contributed by atoms with Gasteiger partial charge in [0.15, 0.2) is 0 Å². The molecule has 7 heteroatoms. The van der Waals surface area contributed by atoms with Crippen molar-refractivity contribution >= 4 is 17.5 Å². The Morgan fingerprint density at radius 1 is 1.12 bits per heavy atom. The third-order valence-corrected chi connectivity index (χ3v) is 3.60. The molecule has 2 aromatic carbocycles. The van der Waals surface area contributed by atoms with Crippen LogP contribution in [0.3, 0.4) is 0 Å². The van der Waals surface area contributed by atoms with Crippen molar-refractivity contribution in [3.63, 3.8) is 0 Å². The van der Waals surface area contributed by atoms with Crippen molar-refractivity contribution in [1.29, 1.82) is 0 Å². The number of hydrogen-bond donors (Lipinski definition) is 1. The number of halogens is 1. The number of amides is 1. The van der Waals surface area contributed by atoms with Crippen molar-refractivity contribution in [3.05, 3.63) is 71.1 Å². The van der Waals surface area contributed by atoms with E-state index in [-0.39, 0.29) is 19.1 Å². The van der Waals surface area contributed by atoms with E-state index in [0.29, 0.717) is 23.3 Å². The van der Waals surface area contributed by atoms with Gasteiger partial charge < -0.3 is 14.6 Å². The molecule has 0 aliphatic rings. The fraction of sp³-hybridized carbons (Fsp3) is 0.167. The molecule has 3 aromatic rings. The maximum atomic E-state index is 11.8. The van der Waals surface area contributed by atoms with Crippen molar-refractivity contribution in [2.45, 2.75) is 13.2 Å². The van der Waals surface area contributed by atoms with E-state index in [4.69, 9.17) is 20.9 Å². The molecule has 3 rings (SSSR count). The smallest absolute Gasteiger partial charge is 0.246 e. The second kappa shape index (κ2) is 8.41. The summed E-state index contributed by atoms with van der Waals surface area (Å²) in [6.07, 6.45) is 0. The molecule has 25 heavy (non-hydrogen) atoms. The maximum absolute atomic E-state index is 11.8. The number of benzene rings is 2. The SMILES string of the molecule is O=C(COCc1ccccc1)NCc1nc(-c2ccc(Cl)cc2)no1. The van der Waals surface area contributed by atoms with Crippen LogP contribution in [0, 0.1) is 0 Å². The van der Waals surface area contributed by atoms with Crippen molar-refractivity contribution in [3.8, 4) is 11.4 Å². The highest BCUT2D eigenvalue weighted by atomic mass is 35.5. The first kappa shape index (κ1) is 17.1. The average Bonchev–Trinajstić information content (AvgIpc) is 3.10. The fourth-order valence-corrected chi connectivity index (χ4v) is 2.23. The zero-order chi connectivity index (χ0) is 17.5. The van der Waals surface area contributed by atoms with Gasteiger partial charge in [0.2, 0.25) is 17.6 Å². The van der Waals surface area contributed by atoms with Crippen molar-refractivity contribution in [2.75, 3.05) is 6.61 Å². The van der Waals surface area contributed by atoms with Crippen LogP contribution in [0.1, 0.15) is 11.5 Å². The number of nitrogens with one attached hydrogen (secondary N) is 1. The molecular weight excluding hydrogens is 342 g/mol. The molecular formula is C18H16ClN3O3. The predicted molar refractivity (Wildman–Crippen MR) is 92.7 cm³/mol. The molecule has 0 unspecified atom stereocenters. The van der Waals surface area contributed by atoms with Gasteiger partial charge in [0.25, 0.3) is 0 Å². The van der Waals surface area contributed by atoms with Gasteiger partial charge in [-0.05, 0) is 29.8 Å². The topological polar surface area (TPSA) is 77.2 Å². The molecule has 0 aliphatic heterocycles. The van der Waals surface area contributed by atoms with Crippen LogP contribution in [0.4, 0.5) is 0 Å². The van der Waals surface area contributed by atoms with Crippen LogP contribution >= 0.6 is 11.6 Å². The van der Waals surface area contributed by atoms with Crippen molar-refractivity contribution in [2.24, 2.45) is 0 Å². The Balaban J connectivity index is 1.44. The summed E-state index contributed by atoms with van der Waals surface area (Å²) in [6, 6.07) is 16.7. The van der Waals surface area contributed by atoms with E-state index in [1.54, 1.807) is 24.3 Å². The number of carbonyl (C=O) groups is 1. The van der Waals surface area contributed by atoms with E-state index < -0.39 is 0 Å². The zero-order valence-electron chi connectivity index (χ0n) is 13.3. The highest BCUT2D eigenvalue weighted by molar-refractivity contribution is 6.30. The number of rotatable bonds is 7. The molecule has 1 amide bonds. The van der Waals surface area contributed by atoms with Crippen molar-refractivity contribution < 1.29 is 14.1 Å². The molecule has 1 heterocycles. The summed E-state index contributed by atoms with van der Waals surface area (Å²) in [5, 5.41) is 7.20. The molecule has 1 N–H and O–H groups in total. The first-order valence-electron chi connectivity index (χ1n) is 7.67.